The number of hydrogen-bond donors (Lipinski definition) is 4. The maximum absolute atomic E-state index is 14.7. The standard InChI is InChI=1S/2C23H26F3N5O3S/c2*1-13(14-5-4-6-15(18(14)24)19(25)26)30-20-16-11-17(22(32)31(2)21(16)29-12-28-20)23(34-3)7-9-35(27,33)10-8-23/h2*4-6,11-13,19,27H,7-10H2,1-3H3,(H,28,29,30)/t2*13-,23?,35?/m11/s1. The highest BCUT2D eigenvalue weighted by atomic mass is 32.2. The van der Waals surface area contributed by atoms with Crippen LogP contribution in [-0.4, -0.2) is 74.7 Å². The summed E-state index contributed by atoms with van der Waals surface area (Å²) >= 11 is 0. The second-order valence-electron chi connectivity index (χ2n) is 17.4. The molecule has 2 atom stereocenters. The lowest BCUT2D eigenvalue weighted by Crippen LogP contribution is -2.43. The van der Waals surface area contributed by atoms with E-state index in [1.807, 2.05) is 0 Å². The Morgan fingerprint density at radius 3 is 1.26 bits per heavy atom. The molecule has 70 heavy (non-hydrogen) atoms. The average molecular weight is 1020 g/mol. The normalized spacial score (nSPS) is 23.5. The van der Waals surface area contributed by atoms with Crippen molar-refractivity contribution in [2.75, 3.05) is 47.9 Å². The summed E-state index contributed by atoms with van der Waals surface area (Å²) in [6.45, 7) is 3.24. The lowest BCUT2D eigenvalue weighted by atomic mass is 9.88. The first kappa shape index (κ1) is 51.9. The van der Waals surface area contributed by atoms with Crippen LogP contribution in [0.25, 0.3) is 22.1 Å². The topological polar surface area (TPSA) is 220 Å². The zero-order chi connectivity index (χ0) is 51.1. The van der Waals surface area contributed by atoms with Crippen molar-refractivity contribution in [1.29, 1.82) is 9.56 Å². The Morgan fingerprint density at radius 2 is 0.943 bits per heavy atom. The third-order valence-electron chi connectivity index (χ3n) is 13.3. The van der Waals surface area contributed by atoms with Crippen LogP contribution in [-0.2, 0) is 54.2 Å². The lowest BCUT2D eigenvalue weighted by molar-refractivity contribution is -0.0242. The molecule has 2 fully saturated rings. The number of aryl methyl sites for hydroxylation is 2. The Hall–Kier alpha value is -5.98. The van der Waals surface area contributed by atoms with Crippen molar-refractivity contribution in [3.05, 3.63) is 127 Å². The van der Waals surface area contributed by atoms with Crippen LogP contribution in [0.1, 0.15) is 97.8 Å². The number of methoxy groups -OCH3 is 2. The molecule has 0 amide bonds. The van der Waals surface area contributed by atoms with E-state index in [0.29, 0.717) is 33.2 Å². The molecule has 6 aromatic rings. The molecule has 0 saturated carbocycles. The van der Waals surface area contributed by atoms with Gasteiger partial charge in [0, 0.05) is 81.9 Å². The monoisotopic (exact) mass is 1020 g/mol. The van der Waals surface area contributed by atoms with Crippen molar-refractivity contribution in [1.82, 2.24) is 29.1 Å². The molecule has 2 aliphatic heterocycles. The molecule has 0 spiro atoms. The van der Waals surface area contributed by atoms with Gasteiger partial charge in [-0.2, -0.15) is 0 Å². The first-order chi connectivity index (χ1) is 33.0. The molecule has 0 radical (unpaired) electrons. The molecule has 24 heteroatoms. The second-order valence-corrected chi connectivity index (χ2v) is 22.3. The number of rotatable bonds is 12. The molecular weight excluding hydrogens is 967 g/mol. The smallest absolute Gasteiger partial charge is 0.266 e. The van der Waals surface area contributed by atoms with Gasteiger partial charge >= 0.3 is 0 Å². The van der Waals surface area contributed by atoms with E-state index in [1.54, 1.807) is 40.1 Å². The maximum Gasteiger partial charge on any atom is 0.266 e. The number of nitrogens with one attached hydrogen (secondary N) is 4. The third-order valence-corrected chi connectivity index (χ3v) is 16.8. The summed E-state index contributed by atoms with van der Waals surface area (Å²) in [6.07, 6.45) is -2.42. The Bertz CT molecular complexity index is 3080. The fourth-order valence-corrected chi connectivity index (χ4v) is 12.1. The molecule has 376 valence electrons. The van der Waals surface area contributed by atoms with Crippen molar-refractivity contribution in [2.45, 2.75) is 75.7 Å². The van der Waals surface area contributed by atoms with Crippen LogP contribution < -0.4 is 21.8 Å². The van der Waals surface area contributed by atoms with Gasteiger partial charge in [-0.1, -0.05) is 36.4 Å². The third kappa shape index (κ3) is 9.99. The largest absolute Gasteiger partial charge is 0.373 e. The first-order valence-corrected chi connectivity index (χ1v) is 25.7. The van der Waals surface area contributed by atoms with Crippen LogP contribution in [0, 0.1) is 21.2 Å². The highest BCUT2D eigenvalue weighted by Crippen LogP contribution is 2.40. The number of anilines is 2. The van der Waals surface area contributed by atoms with Crippen LogP contribution in [0.2, 0.25) is 0 Å². The summed E-state index contributed by atoms with van der Waals surface area (Å²) < 4.78 is 137. The number of fused-ring (bicyclic) bond motifs is 2. The maximum atomic E-state index is 14.7. The summed E-state index contributed by atoms with van der Waals surface area (Å²) in [6, 6.07) is 9.43. The molecule has 4 aromatic heterocycles. The fraction of sp³-hybridized carbons (Fsp3) is 0.435. The minimum absolute atomic E-state index is 0.0467. The summed E-state index contributed by atoms with van der Waals surface area (Å²) in [5.41, 5.74) is -2.73. The number of benzene rings is 2. The van der Waals surface area contributed by atoms with Crippen LogP contribution in [0.4, 0.5) is 38.0 Å². The van der Waals surface area contributed by atoms with Crippen LogP contribution >= 0.6 is 0 Å². The highest BCUT2D eigenvalue weighted by Gasteiger charge is 2.42. The SMILES string of the molecule is COC1(c2cc3c(N[C@H](C)c4cccc(C(F)F)c4F)ncnc3n(C)c2=O)CCS(=N)(=O)CC1.COC1(c2cc3c(N[C@H](C)c4cccc(C(F)F)c4F)ncnc3n(C)c2=O)CCS(=N)(=O)CC1. The molecule has 2 saturated heterocycles. The quantitative estimate of drug-likeness (QED) is 0.0848. The Kier molecular flexibility index (Phi) is 14.8. The number of ether oxygens (including phenoxy) is 2. The second kappa shape index (κ2) is 20.0. The number of aromatic nitrogens is 6. The van der Waals surface area contributed by atoms with E-state index < -0.39 is 78.4 Å². The molecule has 6 heterocycles. The Morgan fingerprint density at radius 1 is 0.614 bits per heavy atom. The number of pyridine rings is 2. The Labute approximate surface area is 399 Å². The van der Waals surface area contributed by atoms with Crippen molar-refractivity contribution >= 4 is 53.2 Å². The Balaban J connectivity index is 0.000000206. The summed E-state index contributed by atoms with van der Waals surface area (Å²) in [7, 11) is 0.619. The van der Waals surface area contributed by atoms with Gasteiger partial charge in [0.2, 0.25) is 0 Å². The fourth-order valence-electron chi connectivity index (χ4n) is 9.07. The van der Waals surface area contributed by atoms with Crippen LogP contribution in [0.5, 0.6) is 0 Å². The average Bonchev–Trinajstić information content (AvgIpc) is 3.32. The van der Waals surface area contributed by atoms with Crippen molar-refractivity contribution < 1.29 is 44.2 Å². The summed E-state index contributed by atoms with van der Waals surface area (Å²) in [5.74, 6) is -0.989. The van der Waals surface area contributed by atoms with Gasteiger partial charge in [-0.15, -0.1) is 0 Å². The van der Waals surface area contributed by atoms with Crippen molar-refractivity contribution in [2.24, 2.45) is 14.1 Å². The summed E-state index contributed by atoms with van der Waals surface area (Å²) in [5, 5.41) is 7.03. The van der Waals surface area contributed by atoms with Gasteiger partial charge in [0.1, 0.15) is 47.2 Å². The molecule has 4 N–H and O–H groups in total. The van der Waals surface area contributed by atoms with Gasteiger partial charge in [0.05, 0.1) is 56.3 Å². The van der Waals surface area contributed by atoms with E-state index in [2.05, 4.69) is 30.6 Å². The molecule has 0 aliphatic carbocycles. The number of hydrogen-bond acceptors (Lipinski definition) is 14. The van der Waals surface area contributed by atoms with E-state index in [4.69, 9.17) is 19.0 Å². The minimum atomic E-state index is -2.95. The molecular formula is C46H52F6N10O6S2. The molecule has 2 aromatic carbocycles. The number of nitrogens with zero attached hydrogens (tertiary/aromatic N) is 6. The van der Waals surface area contributed by atoms with Crippen molar-refractivity contribution in [3.8, 4) is 0 Å². The van der Waals surface area contributed by atoms with E-state index in [9.17, 15) is 44.3 Å². The van der Waals surface area contributed by atoms with E-state index >= 15 is 0 Å². The van der Waals surface area contributed by atoms with Gasteiger partial charge in [-0.25, -0.2) is 54.7 Å². The zero-order valence-electron chi connectivity index (χ0n) is 39.0. The predicted octanol–water partition coefficient (Wildman–Crippen LogP) is 8.52. The number of alkyl halides is 4. The highest BCUT2D eigenvalue weighted by molar-refractivity contribution is 7.92. The predicted molar refractivity (Wildman–Crippen MR) is 253 cm³/mol. The summed E-state index contributed by atoms with van der Waals surface area (Å²) in [4.78, 5) is 43.5. The zero-order valence-corrected chi connectivity index (χ0v) is 40.6. The van der Waals surface area contributed by atoms with E-state index in [-0.39, 0.29) is 82.6 Å². The lowest BCUT2D eigenvalue weighted by Gasteiger charge is -2.36. The molecule has 0 bridgehead atoms. The van der Waals surface area contributed by atoms with Gasteiger partial charge in [-0.05, 0) is 51.7 Å². The first-order valence-electron chi connectivity index (χ1n) is 21.9. The van der Waals surface area contributed by atoms with E-state index in [1.165, 1.54) is 60.3 Å². The molecule has 16 nitrogen and oxygen atoms in total. The van der Waals surface area contributed by atoms with Gasteiger partial charge in [-0.3, -0.25) is 28.3 Å². The van der Waals surface area contributed by atoms with Crippen LogP contribution in [0.15, 0.2) is 70.8 Å². The van der Waals surface area contributed by atoms with Crippen molar-refractivity contribution in [3.63, 3.8) is 0 Å². The van der Waals surface area contributed by atoms with Gasteiger partial charge < -0.3 is 20.1 Å². The molecule has 8 rings (SSSR count). The van der Waals surface area contributed by atoms with Gasteiger partial charge in [0.15, 0.2) is 0 Å². The molecule has 0 unspecified atom stereocenters. The van der Waals surface area contributed by atoms with E-state index in [0.717, 1.165) is 12.1 Å². The number of halogens is 6. The van der Waals surface area contributed by atoms with Gasteiger partial charge in [0.25, 0.3) is 24.0 Å². The minimum Gasteiger partial charge on any atom is -0.373 e. The van der Waals surface area contributed by atoms with Crippen LogP contribution in [0.3, 0.4) is 0 Å². The molecule has 2 aliphatic rings.